The zero-order valence-corrected chi connectivity index (χ0v) is 12.6. The quantitative estimate of drug-likeness (QED) is 0.609. The Labute approximate surface area is 117 Å². The third-order valence-corrected chi connectivity index (χ3v) is 3.78. The van der Waals surface area contributed by atoms with Crippen LogP contribution in [0, 0.1) is 12.7 Å². The molecule has 0 spiro atoms. The molecule has 1 unspecified atom stereocenters. The molecule has 1 aromatic carbocycles. The molecule has 0 saturated heterocycles. The van der Waals surface area contributed by atoms with E-state index in [-0.39, 0.29) is 5.82 Å². The first kappa shape index (κ1) is 16.2. The third-order valence-electron chi connectivity index (χ3n) is 3.78. The SMILES string of the molecule is CCCCCCCCC(NC)c1ccc(F)c(C)c1. The first-order valence-corrected chi connectivity index (χ1v) is 7.62. The van der Waals surface area contributed by atoms with Crippen LogP contribution in [0.25, 0.3) is 0 Å². The lowest BCUT2D eigenvalue weighted by Gasteiger charge is -2.17. The van der Waals surface area contributed by atoms with Crippen LogP contribution in [-0.4, -0.2) is 7.05 Å². The molecule has 0 radical (unpaired) electrons. The summed E-state index contributed by atoms with van der Waals surface area (Å²) in [6.07, 6.45) is 9.03. The summed E-state index contributed by atoms with van der Waals surface area (Å²) in [4.78, 5) is 0. The van der Waals surface area contributed by atoms with Crippen molar-refractivity contribution in [3.8, 4) is 0 Å². The molecule has 0 heterocycles. The molecule has 0 aromatic heterocycles. The van der Waals surface area contributed by atoms with Crippen LogP contribution in [0.1, 0.15) is 69.0 Å². The van der Waals surface area contributed by atoms with Crippen LogP contribution in [0.4, 0.5) is 4.39 Å². The Kier molecular flexibility index (Phi) is 7.73. The summed E-state index contributed by atoms with van der Waals surface area (Å²) in [7, 11) is 1.99. The highest BCUT2D eigenvalue weighted by Gasteiger charge is 2.10. The first-order chi connectivity index (χ1) is 9.19. The summed E-state index contributed by atoms with van der Waals surface area (Å²) < 4.78 is 13.3. The van der Waals surface area contributed by atoms with Crippen molar-refractivity contribution in [2.24, 2.45) is 0 Å². The summed E-state index contributed by atoms with van der Waals surface area (Å²) >= 11 is 0. The van der Waals surface area contributed by atoms with Crippen LogP contribution in [0.5, 0.6) is 0 Å². The van der Waals surface area contributed by atoms with Gasteiger partial charge in [0, 0.05) is 6.04 Å². The molecule has 0 aliphatic heterocycles. The van der Waals surface area contributed by atoms with Crippen LogP contribution < -0.4 is 5.32 Å². The largest absolute Gasteiger partial charge is 0.313 e. The number of unbranched alkanes of at least 4 members (excludes halogenated alkanes) is 5. The maximum atomic E-state index is 13.3. The molecule has 1 aromatic rings. The average molecular weight is 265 g/mol. The van der Waals surface area contributed by atoms with Crippen molar-refractivity contribution in [1.29, 1.82) is 0 Å². The van der Waals surface area contributed by atoms with E-state index in [1.54, 1.807) is 6.07 Å². The van der Waals surface area contributed by atoms with Crippen molar-refractivity contribution in [3.63, 3.8) is 0 Å². The van der Waals surface area contributed by atoms with Gasteiger partial charge in [-0.3, -0.25) is 0 Å². The number of halogens is 1. The zero-order chi connectivity index (χ0) is 14.1. The van der Waals surface area contributed by atoms with Gasteiger partial charge in [-0.1, -0.05) is 57.6 Å². The summed E-state index contributed by atoms with van der Waals surface area (Å²) in [5.41, 5.74) is 1.94. The number of nitrogens with one attached hydrogen (secondary N) is 1. The fourth-order valence-electron chi connectivity index (χ4n) is 2.49. The molecule has 1 N–H and O–H groups in total. The standard InChI is InChI=1S/C17H28FN/c1-4-5-6-7-8-9-10-17(19-3)15-11-12-16(18)14(2)13-15/h11-13,17,19H,4-10H2,1-3H3. The van der Waals surface area contributed by atoms with E-state index in [2.05, 4.69) is 12.2 Å². The highest BCUT2D eigenvalue weighted by Crippen LogP contribution is 2.22. The Balaban J connectivity index is 2.38. The van der Waals surface area contributed by atoms with Gasteiger partial charge in [-0.2, -0.15) is 0 Å². The fourth-order valence-corrected chi connectivity index (χ4v) is 2.49. The van der Waals surface area contributed by atoms with Gasteiger partial charge >= 0.3 is 0 Å². The van der Waals surface area contributed by atoms with Crippen LogP contribution in [0.3, 0.4) is 0 Å². The van der Waals surface area contributed by atoms with E-state index in [4.69, 9.17) is 0 Å². The van der Waals surface area contributed by atoms with Crippen molar-refractivity contribution in [2.45, 2.75) is 64.8 Å². The monoisotopic (exact) mass is 265 g/mol. The van der Waals surface area contributed by atoms with Gasteiger partial charge in [0.05, 0.1) is 0 Å². The minimum Gasteiger partial charge on any atom is -0.313 e. The number of hydrogen-bond donors (Lipinski definition) is 1. The molecule has 2 heteroatoms. The number of aryl methyl sites for hydroxylation is 1. The molecule has 1 nitrogen and oxygen atoms in total. The summed E-state index contributed by atoms with van der Waals surface area (Å²) in [6.45, 7) is 4.07. The molecule has 0 aliphatic carbocycles. The topological polar surface area (TPSA) is 12.0 Å². The predicted octanol–water partition coefficient (Wildman–Crippen LogP) is 5.15. The molecule has 0 amide bonds. The predicted molar refractivity (Wildman–Crippen MR) is 80.9 cm³/mol. The molecule has 0 bridgehead atoms. The molecule has 108 valence electrons. The summed E-state index contributed by atoms with van der Waals surface area (Å²) in [6, 6.07) is 5.80. The van der Waals surface area contributed by atoms with Crippen molar-refractivity contribution < 1.29 is 4.39 Å². The Bertz CT molecular complexity index is 362. The smallest absolute Gasteiger partial charge is 0.126 e. The van der Waals surface area contributed by atoms with Crippen LogP contribution in [0.15, 0.2) is 18.2 Å². The van der Waals surface area contributed by atoms with Gasteiger partial charge in [-0.05, 0) is 37.6 Å². The Hall–Kier alpha value is -0.890. The fraction of sp³-hybridized carbons (Fsp3) is 0.647. The number of rotatable bonds is 9. The van der Waals surface area contributed by atoms with Crippen LogP contribution in [-0.2, 0) is 0 Å². The zero-order valence-electron chi connectivity index (χ0n) is 12.6. The van der Waals surface area contributed by atoms with E-state index in [1.807, 2.05) is 26.1 Å². The summed E-state index contributed by atoms with van der Waals surface area (Å²) in [5, 5.41) is 3.34. The maximum absolute atomic E-state index is 13.3. The molecule has 0 aliphatic rings. The molecule has 0 fully saturated rings. The number of benzene rings is 1. The van der Waals surface area contributed by atoms with Gasteiger partial charge in [0.25, 0.3) is 0 Å². The van der Waals surface area contributed by atoms with Crippen LogP contribution in [0.2, 0.25) is 0 Å². The normalized spacial score (nSPS) is 12.6. The Morgan fingerprint density at radius 3 is 2.42 bits per heavy atom. The Morgan fingerprint density at radius 2 is 1.79 bits per heavy atom. The summed E-state index contributed by atoms with van der Waals surface area (Å²) in [5.74, 6) is -0.113. The molecular weight excluding hydrogens is 237 g/mol. The van der Waals surface area contributed by atoms with Gasteiger partial charge < -0.3 is 5.32 Å². The molecule has 0 saturated carbocycles. The maximum Gasteiger partial charge on any atom is 0.126 e. The van der Waals surface area contributed by atoms with E-state index >= 15 is 0 Å². The first-order valence-electron chi connectivity index (χ1n) is 7.62. The van der Waals surface area contributed by atoms with Crippen molar-refractivity contribution in [2.75, 3.05) is 7.05 Å². The lowest BCUT2D eigenvalue weighted by Crippen LogP contribution is -2.16. The van der Waals surface area contributed by atoms with Gasteiger partial charge in [-0.15, -0.1) is 0 Å². The molecule has 19 heavy (non-hydrogen) atoms. The van der Waals surface area contributed by atoms with Crippen LogP contribution >= 0.6 is 0 Å². The highest BCUT2D eigenvalue weighted by molar-refractivity contribution is 5.26. The van der Waals surface area contributed by atoms with Gasteiger partial charge in [0.1, 0.15) is 5.82 Å². The van der Waals surface area contributed by atoms with E-state index in [9.17, 15) is 4.39 Å². The molecule has 1 rings (SSSR count). The van der Waals surface area contributed by atoms with Gasteiger partial charge in [-0.25, -0.2) is 4.39 Å². The van der Waals surface area contributed by atoms with E-state index in [1.165, 1.54) is 44.1 Å². The lowest BCUT2D eigenvalue weighted by molar-refractivity contribution is 0.496. The van der Waals surface area contributed by atoms with Crippen molar-refractivity contribution in [1.82, 2.24) is 5.32 Å². The minimum atomic E-state index is -0.113. The second-order valence-corrected chi connectivity index (χ2v) is 5.41. The highest BCUT2D eigenvalue weighted by atomic mass is 19.1. The Morgan fingerprint density at radius 1 is 1.11 bits per heavy atom. The minimum absolute atomic E-state index is 0.113. The van der Waals surface area contributed by atoms with E-state index in [0.717, 1.165) is 12.0 Å². The number of hydrogen-bond acceptors (Lipinski definition) is 1. The van der Waals surface area contributed by atoms with Gasteiger partial charge in [0.15, 0.2) is 0 Å². The molecule has 1 atom stereocenters. The van der Waals surface area contributed by atoms with Gasteiger partial charge in [0.2, 0.25) is 0 Å². The van der Waals surface area contributed by atoms with E-state index < -0.39 is 0 Å². The second-order valence-electron chi connectivity index (χ2n) is 5.41. The van der Waals surface area contributed by atoms with Crippen molar-refractivity contribution in [3.05, 3.63) is 35.1 Å². The molecular formula is C17H28FN. The average Bonchev–Trinajstić information content (AvgIpc) is 2.41. The third kappa shape index (κ3) is 5.73. The lowest BCUT2D eigenvalue weighted by atomic mass is 9.98. The van der Waals surface area contributed by atoms with E-state index in [0.29, 0.717) is 6.04 Å². The van der Waals surface area contributed by atoms with Crippen molar-refractivity contribution >= 4 is 0 Å². The second kappa shape index (κ2) is 9.08.